The zero-order chi connectivity index (χ0) is 19.0. The van der Waals surface area contributed by atoms with Gasteiger partial charge in [0.1, 0.15) is 12.6 Å². The maximum absolute atomic E-state index is 13.2. The number of hydrogen-bond acceptors (Lipinski definition) is 3. The van der Waals surface area contributed by atoms with Gasteiger partial charge in [0.2, 0.25) is 11.8 Å². The van der Waals surface area contributed by atoms with Crippen molar-refractivity contribution in [3.8, 4) is 0 Å². The summed E-state index contributed by atoms with van der Waals surface area (Å²) < 4.78 is 0. The van der Waals surface area contributed by atoms with Crippen molar-refractivity contribution in [2.45, 2.75) is 57.5 Å². The molecule has 27 heavy (non-hydrogen) atoms. The average Bonchev–Trinajstić information content (AvgIpc) is 3.14. The third-order valence-corrected chi connectivity index (χ3v) is 6.25. The molecule has 1 aromatic rings. The molecule has 0 radical (unpaired) electrons. The molecule has 2 fully saturated rings. The minimum absolute atomic E-state index is 0.0311. The van der Waals surface area contributed by atoms with Gasteiger partial charge in [-0.1, -0.05) is 31.9 Å². The summed E-state index contributed by atoms with van der Waals surface area (Å²) >= 11 is 0. The van der Waals surface area contributed by atoms with E-state index >= 15 is 0 Å². The summed E-state index contributed by atoms with van der Waals surface area (Å²) in [4.78, 5) is 42.0. The summed E-state index contributed by atoms with van der Waals surface area (Å²) in [6.45, 7) is 2.74. The minimum atomic E-state index is -0.452. The maximum atomic E-state index is 13.2. The zero-order valence-corrected chi connectivity index (χ0v) is 15.8. The molecule has 3 amide bonds. The van der Waals surface area contributed by atoms with Gasteiger partial charge in [-0.15, -0.1) is 0 Å². The lowest BCUT2D eigenvalue weighted by atomic mass is 9.86. The number of carbonyl (C=O) groups excluding carboxylic acids is 3. The van der Waals surface area contributed by atoms with E-state index in [1.165, 1.54) is 11.3 Å². The second-order valence-corrected chi connectivity index (χ2v) is 8.03. The van der Waals surface area contributed by atoms with Gasteiger partial charge >= 0.3 is 0 Å². The summed E-state index contributed by atoms with van der Waals surface area (Å²) in [5.41, 5.74) is 1.06. The Morgan fingerprint density at radius 2 is 1.89 bits per heavy atom. The van der Waals surface area contributed by atoms with Crippen LogP contribution in [0.15, 0.2) is 24.3 Å². The van der Waals surface area contributed by atoms with Crippen LogP contribution in [-0.4, -0.2) is 47.8 Å². The number of benzene rings is 1. The van der Waals surface area contributed by atoms with Gasteiger partial charge in [-0.2, -0.15) is 0 Å². The fraction of sp³-hybridized carbons (Fsp3) is 0.571. The molecule has 0 spiro atoms. The van der Waals surface area contributed by atoms with E-state index < -0.39 is 6.04 Å². The average molecular weight is 369 g/mol. The van der Waals surface area contributed by atoms with E-state index in [-0.39, 0.29) is 30.3 Å². The van der Waals surface area contributed by atoms with E-state index in [1.54, 1.807) is 23.1 Å². The highest BCUT2D eigenvalue weighted by Crippen LogP contribution is 2.32. The molecule has 1 saturated carbocycles. The van der Waals surface area contributed by atoms with E-state index in [9.17, 15) is 14.4 Å². The van der Waals surface area contributed by atoms with Gasteiger partial charge in [0, 0.05) is 12.6 Å². The first-order valence-corrected chi connectivity index (χ1v) is 10.1. The highest BCUT2D eigenvalue weighted by atomic mass is 16.2. The topological polar surface area (TPSA) is 69.7 Å². The number of hydrogen-bond donors (Lipinski definition) is 1. The van der Waals surface area contributed by atoms with Gasteiger partial charge in [0.05, 0.1) is 11.3 Å². The van der Waals surface area contributed by atoms with Gasteiger partial charge in [-0.3, -0.25) is 14.4 Å². The molecule has 1 aromatic carbocycles. The molecule has 1 aliphatic carbocycles. The van der Waals surface area contributed by atoms with Crippen LogP contribution in [0.25, 0.3) is 0 Å². The highest BCUT2D eigenvalue weighted by molar-refractivity contribution is 6.12. The van der Waals surface area contributed by atoms with Crippen molar-refractivity contribution >= 4 is 23.4 Å². The Bertz CT molecular complexity index is 763. The van der Waals surface area contributed by atoms with E-state index in [0.29, 0.717) is 30.1 Å². The van der Waals surface area contributed by atoms with Crippen molar-refractivity contribution in [3.05, 3.63) is 29.8 Å². The fourth-order valence-electron chi connectivity index (χ4n) is 4.70. The largest absolute Gasteiger partial charge is 0.352 e. The Kier molecular flexibility index (Phi) is 4.89. The van der Waals surface area contributed by atoms with Crippen LogP contribution in [0.2, 0.25) is 0 Å². The number of amides is 3. The monoisotopic (exact) mass is 369 g/mol. The Labute approximate surface area is 159 Å². The number of para-hydroxylation sites is 1. The molecular weight excluding hydrogens is 342 g/mol. The smallest absolute Gasteiger partial charge is 0.256 e. The van der Waals surface area contributed by atoms with Crippen LogP contribution in [0.3, 0.4) is 0 Å². The molecule has 2 aliphatic heterocycles. The van der Waals surface area contributed by atoms with Crippen LogP contribution in [0.4, 0.5) is 5.69 Å². The second-order valence-electron chi connectivity index (χ2n) is 8.03. The normalized spacial score (nSPS) is 27.8. The minimum Gasteiger partial charge on any atom is -0.352 e. The first-order valence-electron chi connectivity index (χ1n) is 10.1. The summed E-state index contributed by atoms with van der Waals surface area (Å²) in [6.07, 6.45) is 5.95. The van der Waals surface area contributed by atoms with Crippen LogP contribution >= 0.6 is 0 Å². The first-order chi connectivity index (χ1) is 13.1. The quantitative estimate of drug-likeness (QED) is 0.889. The van der Waals surface area contributed by atoms with Gasteiger partial charge in [0.15, 0.2) is 0 Å². The van der Waals surface area contributed by atoms with Gasteiger partial charge in [-0.25, -0.2) is 0 Å². The van der Waals surface area contributed by atoms with Crippen LogP contribution in [-0.2, 0) is 9.59 Å². The molecular formula is C21H27N3O3. The third kappa shape index (κ3) is 3.33. The molecule has 144 valence electrons. The Morgan fingerprint density at radius 3 is 2.70 bits per heavy atom. The second kappa shape index (κ2) is 7.33. The number of rotatable bonds is 3. The first kappa shape index (κ1) is 18.0. The number of anilines is 1. The molecule has 6 nitrogen and oxygen atoms in total. The predicted octanol–water partition coefficient (Wildman–Crippen LogP) is 2.33. The van der Waals surface area contributed by atoms with Crippen LogP contribution < -0.4 is 10.2 Å². The fourth-order valence-corrected chi connectivity index (χ4v) is 4.70. The molecule has 2 heterocycles. The molecule has 3 aliphatic rings. The molecule has 3 atom stereocenters. The lowest BCUT2D eigenvalue weighted by molar-refractivity contribution is -0.126. The van der Waals surface area contributed by atoms with E-state index in [1.807, 2.05) is 6.07 Å². The number of fused-ring (bicyclic) bond motifs is 2. The molecule has 1 N–H and O–H groups in total. The molecule has 4 rings (SSSR count). The molecule has 0 bridgehead atoms. The summed E-state index contributed by atoms with van der Waals surface area (Å²) in [6, 6.07) is 6.85. The van der Waals surface area contributed by atoms with Crippen molar-refractivity contribution in [2.75, 3.05) is 18.0 Å². The maximum Gasteiger partial charge on any atom is 0.256 e. The van der Waals surface area contributed by atoms with Gasteiger partial charge in [-0.05, 0) is 43.7 Å². The SMILES string of the molecule is C[C@@H]1CCCC[C@@H]1NC(=O)CN1C(=O)[C@@H]2CCCN2C(=O)c2ccccc21. The summed E-state index contributed by atoms with van der Waals surface area (Å²) in [5, 5.41) is 3.13. The number of carbonyl (C=O) groups is 3. The summed E-state index contributed by atoms with van der Waals surface area (Å²) in [7, 11) is 0. The third-order valence-electron chi connectivity index (χ3n) is 6.25. The molecule has 0 unspecified atom stereocenters. The van der Waals surface area contributed by atoms with Gasteiger partial charge in [0.25, 0.3) is 5.91 Å². The lowest BCUT2D eigenvalue weighted by Gasteiger charge is -2.31. The Hall–Kier alpha value is -2.37. The van der Waals surface area contributed by atoms with Crippen LogP contribution in [0.1, 0.15) is 55.8 Å². The standard InChI is InChI=1S/C21H27N3O3/c1-14-7-2-4-9-16(14)22-19(25)13-24-17-10-5-3-8-15(17)20(26)23-12-6-11-18(23)21(24)27/h3,5,8,10,14,16,18H,2,4,6-7,9,11-13H2,1H3,(H,22,25)/t14-,16+,18+/m1/s1. The molecule has 6 heteroatoms. The molecule has 1 saturated heterocycles. The van der Waals surface area contributed by atoms with Crippen LogP contribution in [0.5, 0.6) is 0 Å². The van der Waals surface area contributed by atoms with E-state index in [0.717, 1.165) is 25.7 Å². The van der Waals surface area contributed by atoms with Crippen molar-refractivity contribution in [3.63, 3.8) is 0 Å². The zero-order valence-electron chi connectivity index (χ0n) is 15.8. The predicted molar refractivity (Wildman–Crippen MR) is 102 cm³/mol. The molecule has 0 aromatic heterocycles. The van der Waals surface area contributed by atoms with Crippen molar-refractivity contribution < 1.29 is 14.4 Å². The Morgan fingerprint density at radius 1 is 1.11 bits per heavy atom. The van der Waals surface area contributed by atoms with Crippen molar-refractivity contribution in [1.29, 1.82) is 0 Å². The van der Waals surface area contributed by atoms with E-state index in [4.69, 9.17) is 0 Å². The summed E-state index contributed by atoms with van der Waals surface area (Å²) in [5.74, 6) is 0.0698. The van der Waals surface area contributed by atoms with Crippen molar-refractivity contribution in [1.82, 2.24) is 10.2 Å². The van der Waals surface area contributed by atoms with Gasteiger partial charge < -0.3 is 15.1 Å². The Balaban J connectivity index is 1.58. The van der Waals surface area contributed by atoms with Crippen LogP contribution in [0, 0.1) is 5.92 Å². The number of nitrogens with zero attached hydrogens (tertiary/aromatic N) is 2. The number of nitrogens with one attached hydrogen (secondary N) is 1. The van der Waals surface area contributed by atoms with Crippen molar-refractivity contribution in [2.24, 2.45) is 5.92 Å². The lowest BCUT2D eigenvalue weighted by Crippen LogP contribution is -2.50. The van der Waals surface area contributed by atoms with E-state index in [2.05, 4.69) is 12.2 Å². The highest BCUT2D eigenvalue weighted by Gasteiger charge is 2.42.